The largest absolute Gasteiger partial charge is 0.506 e. The minimum atomic E-state index is -0.138. The molecule has 0 atom stereocenters. The van der Waals surface area contributed by atoms with Crippen LogP contribution in [0.4, 0.5) is 5.69 Å². The van der Waals surface area contributed by atoms with E-state index in [-0.39, 0.29) is 11.2 Å². The summed E-state index contributed by atoms with van der Waals surface area (Å²) in [7, 11) is 0. The summed E-state index contributed by atoms with van der Waals surface area (Å²) in [4.78, 5) is 16.6. The van der Waals surface area contributed by atoms with Gasteiger partial charge in [-0.15, -0.1) is 0 Å². The molecule has 1 N–H and O–H groups in total. The second-order valence-electron chi connectivity index (χ2n) is 5.27. The molecule has 1 heterocycles. The van der Waals surface area contributed by atoms with Crippen LogP contribution in [-0.4, -0.2) is 11.3 Å². The third kappa shape index (κ3) is 2.63. The summed E-state index contributed by atoms with van der Waals surface area (Å²) in [5, 5.41) is 10.3. The Morgan fingerprint density at radius 3 is 2.64 bits per heavy atom. The van der Waals surface area contributed by atoms with Crippen LogP contribution in [0.15, 0.2) is 56.9 Å². The van der Waals surface area contributed by atoms with Gasteiger partial charge < -0.3 is 9.52 Å². The first-order valence-electron chi connectivity index (χ1n) is 6.90. The van der Waals surface area contributed by atoms with Crippen LogP contribution >= 0.6 is 0 Å². The number of rotatable bonds is 2. The molecule has 0 amide bonds. The van der Waals surface area contributed by atoms with Gasteiger partial charge in [0.05, 0.1) is 10.9 Å². The van der Waals surface area contributed by atoms with Crippen molar-refractivity contribution in [3.8, 4) is 5.75 Å². The Kier molecular flexibility index (Phi) is 3.51. The van der Waals surface area contributed by atoms with Gasteiger partial charge in [0.25, 0.3) is 0 Å². The molecule has 110 valence electrons. The molecule has 0 radical (unpaired) electrons. The lowest BCUT2D eigenvalue weighted by Crippen LogP contribution is -2.07. The molecule has 3 rings (SSSR count). The molecule has 2 aromatic carbocycles. The number of nitrogens with zero attached hydrogens (tertiary/aromatic N) is 1. The summed E-state index contributed by atoms with van der Waals surface area (Å²) in [6.45, 7) is 3.83. The van der Waals surface area contributed by atoms with Gasteiger partial charge >= 0.3 is 0 Å². The maximum atomic E-state index is 12.4. The van der Waals surface area contributed by atoms with Gasteiger partial charge in [-0.1, -0.05) is 17.7 Å². The van der Waals surface area contributed by atoms with E-state index in [9.17, 15) is 9.90 Å². The third-order valence-electron chi connectivity index (χ3n) is 3.43. The Bertz CT molecular complexity index is 939. The van der Waals surface area contributed by atoms with Crippen molar-refractivity contribution in [2.75, 3.05) is 0 Å². The predicted molar refractivity (Wildman–Crippen MR) is 87.3 cm³/mol. The Morgan fingerprint density at radius 1 is 1.09 bits per heavy atom. The van der Waals surface area contributed by atoms with Gasteiger partial charge in [0.1, 0.15) is 23.3 Å². The Morgan fingerprint density at radius 2 is 1.82 bits per heavy atom. The van der Waals surface area contributed by atoms with E-state index in [1.807, 2.05) is 19.9 Å². The van der Waals surface area contributed by atoms with Crippen LogP contribution in [0.2, 0.25) is 0 Å². The molecule has 0 saturated carbocycles. The van der Waals surface area contributed by atoms with Crippen molar-refractivity contribution in [1.82, 2.24) is 0 Å². The highest BCUT2D eigenvalue weighted by atomic mass is 16.3. The number of phenolic OH excluding ortho intramolecular Hbond substituents is 1. The zero-order valence-electron chi connectivity index (χ0n) is 12.3. The summed E-state index contributed by atoms with van der Waals surface area (Å²) in [5.74, 6) is 0.0721. The molecule has 0 bridgehead atoms. The molecule has 0 aliphatic carbocycles. The van der Waals surface area contributed by atoms with Crippen LogP contribution in [0.1, 0.15) is 16.7 Å². The molecule has 0 spiro atoms. The van der Waals surface area contributed by atoms with E-state index in [4.69, 9.17) is 4.42 Å². The van der Waals surface area contributed by atoms with Gasteiger partial charge in [-0.25, -0.2) is 0 Å². The van der Waals surface area contributed by atoms with E-state index >= 15 is 0 Å². The van der Waals surface area contributed by atoms with E-state index in [1.165, 1.54) is 12.5 Å². The van der Waals surface area contributed by atoms with Crippen LogP contribution < -0.4 is 5.43 Å². The standard InChI is InChI=1S/C18H15NO3/c1-11-4-6-17-14(7-11)18(21)13(10-22-17)9-19-15-8-12(2)3-5-16(15)20/h3-10,20H,1-2H3. The van der Waals surface area contributed by atoms with Gasteiger partial charge in [-0.3, -0.25) is 9.79 Å². The molecule has 0 aliphatic rings. The normalized spacial score (nSPS) is 11.4. The number of phenols is 1. The molecule has 4 nitrogen and oxygen atoms in total. The average molecular weight is 293 g/mol. The molecular formula is C18H15NO3. The second kappa shape index (κ2) is 5.48. The van der Waals surface area contributed by atoms with E-state index in [0.717, 1.165) is 11.1 Å². The lowest BCUT2D eigenvalue weighted by atomic mass is 10.1. The molecule has 0 fully saturated rings. The molecule has 22 heavy (non-hydrogen) atoms. The quantitative estimate of drug-likeness (QED) is 0.730. The third-order valence-corrected chi connectivity index (χ3v) is 3.43. The zero-order valence-corrected chi connectivity index (χ0v) is 12.3. The smallest absolute Gasteiger partial charge is 0.201 e. The Balaban J connectivity index is 2.07. The molecule has 3 aromatic rings. The lowest BCUT2D eigenvalue weighted by Gasteiger charge is -2.01. The van der Waals surface area contributed by atoms with Crippen molar-refractivity contribution in [2.45, 2.75) is 13.8 Å². The number of fused-ring (bicyclic) bond motifs is 1. The fourth-order valence-electron chi connectivity index (χ4n) is 2.23. The Labute approximate surface area is 127 Å². The Hall–Kier alpha value is -2.88. The number of aromatic hydroxyl groups is 1. The highest BCUT2D eigenvalue weighted by Gasteiger charge is 2.06. The first kappa shape index (κ1) is 14.1. The summed E-state index contributed by atoms with van der Waals surface area (Å²) in [5.41, 5.74) is 3.14. The van der Waals surface area contributed by atoms with Crippen LogP contribution in [0.5, 0.6) is 5.75 Å². The van der Waals surface area contributed by atoms with E-state index in [1.54, 1.807) is 30.3 Å². The monoisotopic (exact) mass is 293 g/mol. The molecule has 0 saturated heterocycles. The summed E-state index contributed by atoms with van der Waals surface area (Å²) < 4.78 is 5.47. The summed E-state index contributed by atoms with van der Waals surface area (Å²) >= 11 is 0. The number of aliphatic imine (C=N–C) groups is 1. The van der Waals surface area contributed by atoms with Crippen LogP contribution in [0, 0.1) is 13.8 Å². The molecule has 0 unspecified atom stereocenters. The summed E-state index contributed by atoms with van der Waals surface area (Å²) in [6.07, 6.45) is 2.80. The number of hydrogen-bond donors (Lipinski definition) is 1. The van der Waals surface area contributed by atoms with Crippen LogP contribution in [-0.2, 0) is 0 Å². The number of aryl methyl sites for hydroxylation is 2. The zero-order chi connectivity index (χ0) is 15.7. The molecule has 1 aromatic heterocycles. The number of benzene rings is 2. The summed E-state index contributed by atoms with van der Waals surface area (Å²) in [6, 6.07) is 10.6. The first-order chi connectivity index (χ1) is 10.5. The van der Waals surface area contributed by atoms with Gasteiger partial charge in [0, 0.05) is 6.21 Å². The second-order valence-corrected chi connectivity index (χ2v) is 5.27. The fourth-order valence-corrected chi connectivity index (χ4v) is 2.23. The fraction of sp³-hybridized carbons (Fsp3) is 0.111. The highest BCUT2D eigenvalue weighted by Crippen LogP contribution is 2.26. The van der Waals surface area contributed by atoms with Crippen molar-refractivity contribution >= 4 is 22.9 Å². The van der Waals surface area contributed by atoms with E-state index < -0.39 is 0 Å². The van der Waals surface area contributed by atoms with E-state index in [2.05, 4.69) is 4.99 Å². The first-order valence-corrected chi connectivity index (χ1v) is 6.90. The molecular weight excluding hydrogens is 278 g/mol. The van der Waals surface area contributed by atoms with Gasteiger partial charge in [0.2, 0.25) is 5.43 Å². The van der Waals surface area contributed by atoms with Gasteiger partial charge in [0.15, 0.2) is 0 Å². The minimum absolute atomic E-state index is 0.0721. The van der Waals surface area contributed by atoms with E-state index in [0.29, 0.717) is 22.2 Å². The predicted octanol–water partition coefficient (Wildman–Crippen LogP) is 3.87. The van der Waals surface area contributed by atoms with Crippen LogP contribution in [0.25, 0.3) is 11.0 Å². The van der Waals surface area contributed by atoms with Crippen molar-refractivity contribution in [3.63, 3.8) is 0 Å². The van der Waals surface area contributed by atoms with Crippen molar-refractivity contribution in [3.05, 3.63) is 69.6 Å². The highest BCUT2D eigenvalue weighted by molar-refractivity contribution is 5.88. The maximum Gasteiger partial charge on any atom is 0.201 e. The topological polar surface area (TPSA) is 62.8 Å². The lowest BCUT2D eigenvalue weighted by molar-refractivity contribution is 0.477. The van der Waals surface area contributed by atoms with Gasteiger partial charge in [-0.2, -0.15) is 0 Å². The van der Waals surface area contributed by atoms with Crippen LogP contribution in [0.3, 0.4) is 0 Å². The van der Waals surface area contributed by atoms with Gasteiger partial charge in [-0.05, 0) is 43.7 Å². The van der Waals surface area contributed by atoms with Crippen molar-refractivity contribution in [2.24, 2.45) is 4.99 Å². The SMILES string of the molecule is Cc1ccc(O)c(N=Cc2coc3ccc(C)cc3c2=O)c1. The molecule has 4 heteroatoms. The minimum Gasteiger partial charge on any atom is -0.506 e. The molecule has 0 aliphatic heterocycles. The van der Waals surface area contributed by atoms with Crippen molar-refractivity contribution < 1.29 is 9.52 Å². The maximum absolute atomic E-state index is 12.4. The van der Waals surface area contributed by atoms with Crippen molar-refractivity contribution in [1.29, 1.82) is 0 Å². The average Bonchev–Trinajstić information content (AvgIpc) is 2.50. The number of hydrogen-bond acceptors (Lipinski definition) is 4.